The van der Waals surface area contributed by atoms with Crippen molar-refractivity contribution in [1.29, 1.82) is 0 Å². The lowest BCUT2D eigenvalue weighted by Gasteiger charge is -2.34. The van der Waals surface area contributed by atoms with Crippen molar-refractivity contribution in [3.8, 4) is 0 Å². The summed E-state index contributed by atoms with van der Waals surface area (Å²) >= 11 is 0. The van der Waals surface area contributed by atoms with Crippen LogP contribution in [-0.4, -0.2) is 86.3 Å². The van der Waals surface area contributed by atoms with Crippen molar-refractivity contribution in [1.82, 2.24) is 15.5 Å². The lowest BCUT2D eigenvalue weighted by atomic mass is 9.82. The monoisotopic (exact) mass is 532 g/mol. The third kappa shape index (κ3) is 6.72. The van der Waals surface area contributed by atoms with Crippen LogP contribution in [0.1, 0.15) is 24.8 Å². The maximum atomic E-state index is 13.3. The number of fused-ring (bicyclic) bond motifs is 1. The summed E-state index contributed by atoms with van der Waals surface area (Å²) in [7, 11) is 0. The van der Waals surface area contributed by atoms with Crippen molar-refractivity contribution in [2.45, 2.75) is 62.3 Å². The Morgan fingerprint density at radius 3 is 2.68 bits per heavy atom. The normalized spacial score (nSPS) is 30.2. The second-order valence-corrected chi connectivity index (χ2v) is 10.4. The number of aliphatic imine (C=N–C) groups is 1. The van der Waals surface area contributed by atoms with Crippen LogP contribution in [0.25, 0.3) is 0 Å². The second kappa shape index (κ2) is 12.1. The second-order valence-electron chi connectivity index (χ2n) is 10.4. The van der Waals surface area contributed by atoms with Gasteiger partial charge in [-0.3, -0.25) is 14.7 Å². The molecule has 5 atom stereocenters. The molecule has 1 aromatic carbocycles. The Labute approximate surface area is 221 Å². The lowest BCUT2D eigenvalue weighted by molar-refractivity contribution is -0.122. The number of hydrogen-bond donors (Lipinski definition) is 2. The summed E-state index contributed by atoms with van der Waals surface area (Å²) < 4.78 is 51.6. The zero-order valence-corrected chi connectivity index (χ0v) is 21.3. The molecular weight excluding hydrogens is 497 g/mol. The molecule has 3 heterocycles. The summed E-state index contributed by atoms with van der Waals surface area (Å²) in [5, 5.41) is 6.33. The van der Waals surface area contributed by atoms with Gasteiger partial charge in [-0.1, -0.05) is 48.6 Å². The van der Waals surface area contributed by atoms with Crippen LogP contribution in [0.15, 0.2) is 59.1 Å². The van der Waals surface area contributed by atoms with Gasteiger partial charge in [0.2, 0.25) is 5.91 Å². The molecule has 0 spiro atoms. The summed E-state index contributed by atoms with van der Waals surface area (Å²) in [5.41, 5.74) is 0.412. The molecule has 206 valence electrons. The number of allylic oxidation sites excluding steroid dienone is 2. The first-order valence-corrected chi connectivity index (χ1v) is 13.4. The zero-order valence-electron chi connectivity index (χ0n) is 21.3. The van der Waals surface area contributed by atoms with Crippen LogP contribution < -0.4 is 10.6 Å². The standard InChI is InChI=1S/C28H35F3N4O3/c29-28(30,31)20-6-7-23-22(14-20)24(8-11-32-23)33-15-27(36)34-25-16-35(21-9-12-37-13-10-21)17-26(25)38-18-19-4-2-1-3-5-19/h1-7,11,14,21-26,33H,8-10,12-13,15-18H2,(H,34,36)/t22?,23?,24?,25?,26-/m0/s1. The molecule has 1 aromatic rings. The van der Waals surface area contributed by atoms with Gasteiger partial charge >= 0.3 is 6.18 Å². The molecule has 1 aliphatic carbocycles. The van der Waals surface area contributed by atoms with E-state index in [1.165, 1.54) is 12.2 Å². The van der Waals surface area contributed by atoms with E-state index in [2.05, 4.69) is 20.5 Å². The Morgan fingerprint density at radius 1 is 1.13 bits per heavy atom. The molecule has 2 saturated heterocycles. The van der Waals surface area contributed by atoms with Crippen molar-refractivity contribution >= 4 is 12.1 Å². The predicted octanol–water partition coefficient (Wildman–Crippen LogP) is 3.03. The van der Waals surface area contributed by atoms with E-state index >= 15 is 0 Å². The number of rotatable bonds is 8. The third-order valence-electron chi connectivity index (χ3n) is 7.85. The molecule has 0 radical (unpaired) electrons. The zero-order chi connectivity index (χ0) is 26.5. The highest BCUT2D eigenvalue weighted by molar-refractivity contribution is 5.78. The van der Waals surface area contributed by atoms with E-state index < -0.39 is 17.7 Å². The van der Waals surface area contributed by atoms with Gasteiger partial charge in [0.05, 0.1) is 36.9 Å². The van der Waals surface area contributed by atoms with E-state index in [4.69, 9.17) is 9.47 Å². The maximum Gasteiger partial charge on any atom is 0.416 e. The number of ether oxygens (including phenoxy) is 2. The number of nitrogens with zero attached hydrogens (tertiary/aromatic N) is 2. The average molecular weight is 533 g/mol. The highest BCUT2D eigenvalue weighted by Gasteiger charge is 2.40. The van der Waals surface area contributed by atoms with E-state index in [9.17, 15) is 18.0 Å². The summed E-state index contributed by atoms with van der Waals surface area (Å²) in [6.45, 7) is 3.38. The van der Waals surface area contributed by atoms with E-state index in [1.807, 2.05) is 30.3 Å². The first kappa shape index (κ1) is 27.1. The molecule has 1 amide bonds. The molecule has 0 saturated carbocycles. The highest BCUT2D eigenvalue weighted by atomic mass is 19.4. The first-order valence-electron chi connectivity index (χ1n) is 13.4. The molecule has 0 bridgehead atoms. The quantitative estimate of drug-likeness (QED) is 0.539. The Morgan fingerprint density at radius 2 is 1.92 bits per heavy atom. The van der Waals surface area contributed by atoms with Crippen LogP contribution in [0, 0.1) is 5.92 Å². The number of carbonyl (C=O) groups excluding carboxylic acids is 1. The number of carbonyl (C=O) groups is 1. The maximum absolute atomic E-state index is 13.3. The minimum absolute atomic E-state index is 0.0137. The topological polar surface area (TPSA) is 75.2 Å². The number of halogens is 3. The smallest absolute Gasteiger partial charge is 0.381 e. The Balaban J connectivity index is 1.19. The van der Waals surface area contributed by atoms with Crippen molar-refractivity contribution < 1.29 is 27.4 Å². The predicted molar refractivity (Wildman–Crippen MR) is 138 cm³/mol. The van der Waals surface area contributed by atoms with Crippen molar-refractivity contribution in [3.05, 3.63) is 59.7 Å². The molecule has 5 rings (SSSR count). The van der Waals surface area contributed by atoms with Crippen molar-refractivity contribution in [3.63, 3.8) is 0 Å². The SMILES string of the molecule is O=C(CNC1CC=NC2C=CC(C(F)(F)F)=CC21)NC1CN(C2CCOCC2)C[C@@H]1OCc1ccccc1. The third-order valence-corrected chi connectivity index (χ3v) is 7.85. The van der Waals surface area contributed by atoms with Crippen LogP contribution in [0.5, 0.6) is 0 Å². The molecule has 4 aliphatic rings. The average Bonchev–Trinajstić information content (AvgIpc) is 3.33. The van der Waals surface area contributed by atoms with Gasteiger partial charge in [-0.15, -0.1) is 0 Å². The Kier molecular flexibility index (Phi) is 8.62. The van der Waals surface area contributed by atoms with E-state index in [-0.39, 0.29) is 36.7 Å². The number of hydrogen-bond acceptors (Lipinski definition) is 6. The molecule has 0 aromatic heterocycles. The minimum Gasteiger partial charge on any atom is -0.381 e. The molecule has 10 heteroatoms. The molecule has 4 unspecified atom stereocenters. The Bertz CT molecular complexity index is 1040. The fourth-order valence-electron chi connectivity index (χ4n) is 5.78. The summed E-state index contributed by atoms with van der Waals surface area (Å²) in [5.74, 6) is -0.644. The number of nitrogens with one attached hydrogen (secondary N) is 2. The number of amides is 1. The van der Waals surface area contributed by atoms with Crippen molar-refractivity contribution in [2.75, 3.05) is 32.8 Å². The van der Waals surface area contributed by atoms with E-state index in [0.29, 0.717) is 25.6 Å². The molecule has 2 N–H and O–H groups in total. The number of benzene rings is 1. The van der Waals surface area contributed by atoms with Gasteiger partial charge in [0.15, 0.2) is 0 Å². The van der Waals surface area contributed by atoms with E-state index in [1.54, 1.807) is 6.21 Å². The van der Waals surface area contributed by atoms with Crippen LogP contribution in [0.4, 0.5) is 13.2 Å². The minimum atomic E-state index is -4.40. The van der Waals surface area contributed by atoms with Gasteiger partial charge in [0.1, 0.15) is 0 Å². The number of likely N-dealkylation sites (tertiary alicyclic amines) is 1. The molecular formula is C28H35F3N4O3. The van der Waals surface area contributed by atoms with Gasteiger partial charge in [0, 0.05) is 50.5 Å². The lowest BCUT2D eigenvalue weighted by Crippen LogP contribution is -2.51. The van der Waals surface area contributed by atoms with Gasteiger partial charge in [-0.2, -0.15) is 13.2 Å². The molecule has 3 aliphatic heterocycles. The fraction of sp³-hybridized carbons (Fsp3) is 0.571. The van der Waals surface area contributed by atoms with Gasteiger partial charge in [-0.25, -0.2) is 0 Å². The van der Waals surface area contributed by atoms with Crippen LogP contribution in [0.2, 0.25) is 0 Å². The Hall–Kier alpha value is -2.53. The number of alkyl halides is 3. The van der Waals surface area contributed by atoms with Gasteiger partial charge < -0.3 is 20.1 Å². The van der Waals surface area contributed by atoms with Crippen LogP contribution >= 0.6 is 0 Å². The largest absolute Gasteiger partial charge is 0.416 e. The molecule has 38 heavy (non-hydrogen) atoms. The fourth-order valence-corrected chi connectivity index (χ4v) is 5.78. The van der Waals surface area contributed by atoms with E-state index in [0.717, 1.165) is 44.2 Å². The first-order chi connectivity index (χ1) is 18.4. The summed E-state index contributed by atoms with van der Waals surface area (Å²) in [6, 6.07) is 9.51. The highest BCUT2D eigenvalue weighted by Crippen LogP contribution is 2.35. The summed E-state index contributed by atoms with van der Waals surface area (Å²) in [4.78, 5) is 19.7. The van der Waals surface area contributed by atoms with Crippen LogP contribution in [-0.2, 0) is 20.9 Å². The van der Waals surface area contributed by atoms with Gasteiger partial charge in [0.25, 0.3) is 0 Å². The van der Waals surface area contributed by atoms with Crippen LogP contribution in [0.3, 0.4) is 0 Å². The molecule has 2 fully saturated rings. The molecule has 7 nitrogen and oxygen atoms in total. The van der Waals surface area contributed by atoms with Gasteiger partial charge in [-0.05, 0) is 24.8 Å². The van der Waals surface area contributed by atoms with Crippen molar-refractivity contribution in [2.24, 2.45) is 10.9 Å². The summed E-state index contributed by atoms with van der Waals surface area (Å²) in [6.07, 6.45) is 3.38.